The van der Waals surface area contributed by atoms with E-state index in [9.17, 15) is 0 Å². The van der Waals surface area contributed by atoms with Crippen LogP contribution in [0, 0.1) is 0 Å². The lowest BCUT2D eigenvalue weighted by Gasteiger charge is -2.26. The number of benzene rings is 8. The average Bonchev–Trinajstić information content (AvgIpc) is 3.20. The standard InChI is InChI=1S/C47H33NP2/c49-50(39-15-6-2-7-16-39,40-17-8-3-9-18-40)41-30-29-37-31-36(27-28-38(37)32-41)33-23-25-35(26-24-33)47-44-21-12-20-42(34-13-4-1-5-14-34)46(44)43-19-10-11-22-45(43)48-47/h1-32,49H. The third-order valence-corrected chi connectivity index (χ3v) is 15.3. The lowest BCUT2D eigenvalue weighted by atomic mass is 9.92. The summed E-state index contributed by atoms with van der Waals surface area (Å²) in [7, 11) is 4.39. The molecule has 8 aromatic carbocycles. The van der Waals surface area contributed by atoms with Gasteiger partial charge < -0.3 is 0 Å². The molecule has 1 aromatic heterocycles. The average molecular weight is 674 g/mol. The third kappa shape index (κ3) is 5.28. The van der Waals surface area contributed by atoms with Gasteiger partial charge in [0.15, 0.2) is 0 Å². The lowest BCUT2D eigenvalue weighted by Crippen LogP contribution is -2.23. The number of pyridine rings is 1. The van der Waals surface area contributed by atoms with Crippen molar-refractivity contribution < 1.29 is 0 Å². The molecule has 0 amide bonds. The summed E-state index contributed by atoms with van der Waals surface area (Å²) in [6, 6.07) is 70.0. The van der Waals surface area contributed by atoms with E-state index in [1.165, 1.54) is 59.7 Å². The summed E-state index contributed by atoms with van der Waals surface area (Å²) in [6.07, 6.45) is 0. The highest BCUT2D eigenvalue weighted by Gasteiger charge is 2.23. The fraction of sp³-hybridized carbons (Fsp3) is 0. The van der Waals surface area contributed by atoms with E-state index >= 15 is 0 Å². The molecule has 0 radical (unpaired) electrons. The molecule has 236 valence electrons. The Morgan fingerprint density at radius 2 is 0.940 bits per heavy atom. The van der Waals surface area contributed by atoms with Gasteiger partial charge in [-0.25, -0.2) is 4.98 Å². The molecule has 0 aliphatic rings. The van der Waals surface area contributed by atoms with Crippen molar-refractivity contribution in [2.24, 2.45) is 0 Å². The molecule has 0 aliphatic carbocycles. The fourth-order valence-electron chi connectivity index (χ4n) is 7.27. The van der Waals surface area contributed by atoms with Crippen LogP contribution in [-0.2, 0) is 0 Å². The highest BCUT2D eigenvalue weighted by Crippen LogP contribution is 2.48. The molecule has 3 heteroatoms. The summed E-state index contributed by atoms with van der Waals surface area (Å²) in [5.41, 5.74) is 7.95. The summed E-state index contributed by atoms with van der Waals surface area (Å²) >= 11 is 0. The lowest BCUT2D eigenvalue weighted by molar-refractivity contribution is 1.43. The van der Waals surface area contributed by atoms with Gasteiger partial charge in [-0.2, -0.15) is 0 Å². The smallest absolute Gasteiger partial charge is 0.0788 e. The Bertz CT molecular complexity index is 2660. The van der Waals surface area contributed by atoms with E-state index in [0.29, 0.717) is 0 Å². The Hall–Kier alpha value is -5.58. The van der Waals surface area contributed by atoms with Crippen LogP contribution in [0.25, 0.3) is 66.0 Å². The number of nitrogens with zero attached hydrogens (tertiary/aromatic N) is 1. The minimum atomic E-state index is -1.99. The van der Waals surface area contributed by atoms with E-state index in [-0.39, 0.29) is 0 Å². The number of fused-ring (bicyclic) bond motifs is 4. The van der Waals surface area contributed by atoms with Crippen molar-refractivity contribution in [3.8, 4) is 33.5 Å². The number of hydrogen-bond acceptors (Lipinski definition) is 1. The van der Waals surface area contributed by atoms with Crippen LogP contribution in [0.15, 0.2) is 194 Å². The summed E-state index contributed by atoms with van der Waals surface area (Å²) in [4.78, 5) is 5.22. The van der Waals surface area contributed by atoms with Gasteiger partial charge in [-0.05, 0) is 73.7 Å². The Kier molecular flexibility index (Phi) is 7.74. The number of para-hydroxylation sites is 1. The highest BCUT2D eigenvalue weighted by molar-refractivity contribution is 8.13. The maximum absolute atomic E-state index is 5.22. The van der Waals surface area contributed by atoms with E-state index in [1.807, 2.05) is 0 Å². The van der Waals surface area contributed by atoms with E-state index in [4.69, 9.17) is 4.98 Å². The van der Waals surface area contributed by atoms with Gasteiger partial charge in [0.05, 0.1) is 11.2 Å². The third-order valence-electron chi connectivity index (χ3n) is 9.80. The predicted octanol–water partition coefficient (Wildman–Crippen LogP) is 11.9. The Morgan fingerprint density at radius 1 is 0.380 bits per heavy atom. The van der Waals surface area contributed by atoms with Gasteiger partial charge in [0.1, 0.15) is 0 Å². The van der Waals surface area contributed by atoms with Crippen LogP contribution >= 0.6 is 15.1 Å². The molecule has 1 heterocycles. The van der Waals surface area contributed by atoms with Crippen LogP contribution in [0.4, 0.5) is 0 Å². The van der Waals surface area contributed by atoms with Crippen LogP contribution in [0.2, 0.25) is 0 Å². The zero-order chi connectivity index (χ0) is 33.5. The summed E-state index contributed by atoms with van der Waals surface area (Å²) < 4.78 is 0. The maximum atomic E-state index is 5.22. The van der Waals surface area contributed by atoms with Gasteiger partial charge in [0, 0.05) is 21.7 Å². The van der Waals surface area contributed by atoms with Gasteiger partial charge in [-0.1, -0.05) is 176 Å². The van der Waals surface area contributed by atoms with Crippen LogP contribution in [-0.4, -0.2) is 4.98 Å². The Balaban J connectivity index is 1.10. The topological polar surface area (TPSA) is 12.9 Å². The van der Waals surface area contributed by atoms with Crippen molar-refractivity contribution in [2.45, 2.75) is 0 Å². The van der Waals surface area contributed by atoms with Crippen molar-refractivity contribution in [3.63, 3.8) is 0 Å². The summed E-state index contributed by atoms with van der Waals surface area (Å²) in [5.74, 6) is 0. The van der Waals surface area contributed by atoms with Crippen molar-refractivity contribution in [1.82, 2.24) is 4.98 Å². The first-order valence-corrected chi connectivity index (χ1v) is 20.1. The quantitative estimate of drug-likeness (QED) is 0.126. The summed E-state index contributed by atoms with van der Waals surface area (Å²) in [6.45, 7) is -1.99. The van der Waals surface area contributed by atoms with Gasteiger partial charge in [0.25, 0.3) is 0 Å². The zero-order valence-electron chi connectivity index (χ0n) is 27.4. The SMILES string of the molecule is P=P(c1ccccc1)(c1ccccc1)c1ccc2cc(-c3ccc(-c4nc5ccccc5c5c(-c6ccccc6)cccc45)cc3)ccc2c1. The largest absolute Gasteiger partial charge is 0.247 e. The van der Waals surface area contributed by atoms with E-state index in [0.717, 1.165) is 22.2 Å². The predicted molar refractivity (Wildman–Crippen MR) is 220 cm³/mol. The van der Waals surface area contributed by atoms with E-state index in [1.54, 1.807) is 0 Å². The molecule has 1 nitrogen and oxygen atoms in total. The van der Waals surface area contributed by atoms with E-state index < -0.39 is 6.55 Å². The normalized spacial score (nSPS) is 11.7. The molecule has 9 aromatic rings. The van der Waals surface area contributed by atoms with Crippen LogP contribution in [0.5, 0.6) is 0 Å². The molecule has 0 aliphatic heterocycles. The minimum absolute atomic E-state index is 1.01. The molecule has 9 rings (SSSR count). The molecule has 0 spiro atoms. The molecule has 0 bridgehead atoms. The second kappa shape index (κ2) is 12.7. The first-order chi connectivity index (χ1) is 24.7. The van der Waals surface area contributed by atoms with Gasteiger partial charge in [0.2, 0.25) is 0 Å². The Labute approximate surface area is 294 Å². The second-order valence-corrected chi connectivity index (χ2v) is 17.6. The van der Waals surface area contributed by atoms with Crippen molar-refractivity contribution >= 4 is 63.4 Å². The van der Waals surface area contributed by atoms with Crippen molar-refractivity contribution in [2.75, 3.05) is 0 Å². The van der Waals surface area contributed by atoms with Crippen LogP contribution in [0.3, 0.4) is 0 Å². The Morgan fingerprint density at radius 3 is 1.66 bits per heavy atom. The van der Waals surface area contributed by atoms with Gasteiger partial charge >= 0.3 is 0 Å². The van der Waals surface area contributed by atoms with Crippen molar-refractivity contribution in [1.29, 1.82) is 0 Å². The second-order valence-electron chi connectivity index (χ2n) is 12.7. The number of hydrogen-bond donors (Lipinski definition) is 0. The first kappa shape index (κ1) is 30.5. The number of rotatable bonds is 6. The minimum Gasteiger partial charge on any atom is -0.247 e. The van der Waals surface area contributed by atoms with Gasteiger partial charge in [-0.3, -0.25) is 0 Å². The van der Waals surface area contributed by atoms with Crippen LogP contribution in [0.1, 0.15) is 0 Å². The molecule has 0 saturated heterocycles. The molecular weight excluding hydrogens is 640 g/mol. The summed E-state index contributed by atoms with van der Waals surface area (Å²) in [5, 5.41) is 9.97. The zero-order valence-corrected chi connectivity index (χ0v) is 29.3. The maximum Gasteiger partial charge on any atom is 0.0788 e. The van der Waals surface area contributed by atoms with Gasteiger partial charge in [-0.15, -0.1) is 8.53 Å². The molecular formula is C47H33NP2. The molecule has 0 atom stereocenters. The molecule has 0 saturated carbocycles. The van der Waals surface area contributed by atoms with E-state index in [2.05, 4.69) is 203 Å². The molecule has 50 heavy (non-hydrogen) atoms. The molecule has 0 N–H and O–H groups in total. The van der Waals surface area contributed by atoms with Crippen LogP contribution < -0.4 is 15.9 Å². The first-order valence-electron chi connectivity index (χ1n) is 16.9. The molecule has 0 unspecified atom stereocenters. The highest BCUT2D eigenvalue weighted by atomic mass is 31.8. The fourth-order valence-corrected chi connectivity index (χ4v) is 11.3. The monoisotopic (exact) mass is 673 g/mol. The van der Waals surface area contributed by atoms with Crippen molar-refractivity contribution in [3.05, 3.63) is 194 Å². The molecule has 0 fully saturated rings. The number of aromatic nitrogens is 1.